The van der Waals surface area contributed by atoms with Gasteiger partial charge in [-0.15, -0.1) is 0 Å². The van der Waals surface area contributed by atoms with Gasteiger partial charge in [0.05, 0.1) is 18.4 Å². The molecule has 1 aromatic rings. The maximum absolute atomic E-state index is 14.4. The molecule has 280 valence electrons. The highest BCUT2D eigenvalue weighted by Gasteiger charge is 2.62. The van der Waals surface area contributed by atoms with Crippen molar-refractivity contribution in [2.75, 3.05) is 13.2 Å². The number of carbonyl (C=O) groups is 5. The van der Waals surface area contributed by atoms with Gasteiger partial charge in [0.2, 0.25) is 21.8 Å². The molecule has 4 bridgehead atoms. The monoisotopic (exact) mass is 729 g/mol. The average Bonchev–Trinajstić information content (AvgIpc) is 3.96. The van der Waals surface area contributed by atoms with Gasteiger partial charge in [-0.05, 0) is 66.5 Å². The summed E-state index contributed by atoms with van der Waals surface area (Å²) in [4.78, 5) is 71.5. The highest BCUT2D eigenvalue weighted by molar-refractivity contribution is 7.91. The predicted octanol–water partition coefficient (Wildman–Crippen LogP) is 3.26. The van der Waals surface area contributed by atoms with Gasteiger partial charge >= 0.3 is 12.2 Å². The summed E-state index contributed by atoms with van der Waals surface area (Å²) in [5.41, 5.74) is 1.10. The van der Waals surface area contributed by atoms with Crippen LogP contribution in [-0.4, -0.2) is 90.3 Å². The zero-order chi connectivity index (χ0) is 36.7. The van der Waals surface area contributed by atoms with Gasteiger partial charge in [0.1, 0.15) is 23.7 Å². The standard InChI is InChI=1S/C36H51N5O9S/c1-5-24-18-36(24,32(44)39-51(47,48)26-14-15-26)38-30(42)28-17-25-20-41(28)31(43)29(35(2,3)4)37-33(45)49-16-9-7-6-8-11-22-12-10-13-23-19-40(21-27(22)23)34(46)50-25/h10,12-13,24-26,28-29H,5-9,11,14-21H2,1-4H3,(H,37,45)(H,38,42)(H,39,44)/t24-,25-,28+,29-,36-/m1/s1. The summed E-state index contributed by atoms with van der Waals surface area (Å²) in [7, 11) is -3.87. The van der Waals surface area contributed by atoms with E-state index in [0.29, 0.717) is 38.8 Å². The van der Waals surface area contributed by atoms with Gasteiger partial charge in [0.25, 0.3) is 5.91 Å². The van der Waals surface area contributed by atoms with Gasteiger partial charge in [-0.1, -0.05) is 65.2 Å². The van der Waals surface area contributed by atoms with Gasteiger partial charge in [0, 0.05) is 19.5 Å². The Morgan fingerprint density at radius 1 is 1.04 bits per heavy atom. The molecule has 5 amide bonds. The summed E-state index contributed by atoms with van der Waals surface area (Å²) in [6.45, 7) is 8.06. The normalized spacial score (nSPS) is 29.1. The Labute approximate surface area is 299 Å². The molecule has 2 saturated carbocycles. The molecule has 5 aliphatic rings. The van der Waals surface area contributed by atoms with Gasteiger partial charge in [-0.3, -0.25) is 24.0 Å². The number of rotatable bonds is 6. The second-order valence-corrected chi connectivity index (χ2v) is 17.8. The number of nitrogens with one attached hydrogen (secondary N) is 3. The molecule has 1 saturated heterocycles. The number of cyclic esters (lactones) is 1. The van der Waals surface area contributed by atoms with Crippen LogP contribution in [-0.2, 0) is 53.4 Å². The minimum Gasteiger partial charge on any atom is -0.450 e. The van der Waals surface area contributed by atoms with Crippen molar-refractivity contribution in [2.24, 2.45) is 11.3 Å². The molecule has 5 atom stereocenters. The van der Waals surface area contributed by atoms with E-state index in [0.717, 1.165) is 36.8 Å². The number of amides is 5. The quantitative estimate of drug-likeness (QED) is 0.396. The lowest BCUT2D eigenvalue weighted by atomic mass is 9.85. The first kappa shape index (κ1) is 36.9. The SMILES string of the molecule is CC[C@@H]1C[C@]1(NC(=O)[C@@H]1C[C@@H]2CN1C(=O)[C@H](C(C)(C)C)NC(=O)OCCCCCCc1cccc3c1CN(C3)C(=O)O2)C(=O)NS(=O)(=O)C1CC1. The number of sulfonamides is 1. The van der Waals surface area contributed by atoms with Crippen molar-refractivity contribution in [3.8, 4) is 0 Å². The van der Waals surface area contributed by atoms with Crippen LogP contribution in [0, 0.1) is 11.3 Å². The number of ether oxygens (including phenoxy) is 2. The van der Waals surface area contributed by atoms with Crippen molar-refractivity contribution in [1.82, 2.24) is 25.2 Å². The van der Waals surface area contributed by atoms with Gasteiger partial charge in [0.15, 0.2) is 0 Å². The van der Waals surface area contributed by atoms with Crippen LogP contribution < -0.4 is 15.4 Å². The first-order chi connectivity index (χ1) is 24.1. The highest BCUT2D eigenvalue weighted by Crippen LogP contribution is 2.47. The number of carbonyl (C=O) groups excluding carboxylic acids is 5. The number of alkyl carbamates (subject to hydrolysis) is 1. The first-order valence-electron chi connectivity index (χ1n) is 18.3. The Balaban J connectivity index is 1.26. The van der Waals surface area contributed by atoms with Crippen LogP contribution in [0.5, 0.6) is 0 Å². The van der Waals surface area contributed by atoms with Crippen LogP contribution in [0.15, 0.2) is 18.2 Å². The van der Waals surface area contributed by atoms with Crippen LogP contribution in [0.2, 0.25) is 0 Å². The number of aryl methyl sites for hydroxylation is 1. The maximum Gasteiger partial charge on any atom is 0.410 e. The highest BCUT2D eigenvalue weighted by atomic mass is 32.2. The number of hydrogen-bond acceptors (Lipinski definition) is 9. The molecule has 6 rings (SSSR count). The zero-order valence-corrected chi connectivity index (χ0v) is 30.8. The van der Waals surface area contributed by atoms with Crippen molar-refractivity contribution in [1.29, 1.82) is 0 Å². The van der Waals surface area contributed by atoms with Crippen molar-refractivity contribution in [2.45, 2.75) is 134 Å². The third kappa shape index (κ3) is 7.97. The smallest absolute Gasteiger partial charge is 0.410 e. The second kappa shape index (κ2) is 14.3. The summed E-state index contributed by atoms with van der Waals surface area (Å²) in [6.07, 6.45) is 3.77. The summed E-state index contributed by atoms with van der Waals surface area (Å²) >= 11 is 0. The van der Waals surface area contributed by atoms with Gasteiger partial charge in [-0.2, -0.15) is 0 Å². The van der Waals surface area contributed by atoms with E-state index in [1.165, 1.54) is 10.5 Å². The van der Waals surface area contributed by atoms with Crippen molar-refractivity contribution < 1.29 is 41.9 Å². The van der Waals surface area contributed by atoms with Crippen molar-refractivity contribution in [3.63, 3.8) is 0 Å². The summed E-state index contributed by atoms with van der Waals surface area (Å²) in [5, 5.41) is 4.91. The Morgan fingerprint density at radius 3 is 2.45 bits per heavy atom. The van der Waals surface area contributed by atoms with Crippen LogP contribution in [0.1, 0.15) is 102 Å². The lowest BCUT2D eigenvalue weighted by Crippen LogP contribution is -2.60. The Hall–Kier alpha value is -3.88. The average molecular weight is 730 g/mol. The molecule has 1 aromatic carbocycles. The van der Waals surface area contributed by atoms with Crippen molar-refractivity contribution >= 4 is 39.9 Å². The fraction of sp³-hybridized carbons (Fsp3) is 0.694. The number of benzene rings is 1. The molecule has 3 aliphatic heterocycles. The van der Waals surface area contributed by atoms with Gasteiger partial charge < -0.3 is 25.0 Å². The van der Waals surface area contributed by atoms with E-state index in [4.69, 9.17) is 9.47 Å². The molecule has 3 heterocycles. The number of nitrogens with zero attached hydrogens (tertiary/aromatic N) is 2. The van der Waals surface area contributed by atoms with E-state index in [9.17, 15) is 32.4 Å². The van der Waals surface area contributed by atoms with E-state index in [-0.39, 0.29) is 31.9 Å². The number of hydrogen-bond donors (Lipinski definition) is 3. The fourth-order valence-electron chi connectivity index (χ4n) is 7.65. The molecule has 15 heteroatoms. The van der Waals surface area contributed by atoms with Crippen LogP contribution in [0.25, 0.3) is 0 Å². The van der Waals surface area contributed by atoms with E-state index in [1.54, 1.807) is 25.7 Å². The molecule has 3 N–H and O–H groups in total. The lowest BCUT2D eigenvalue weighted by Gasteiger charge is -2.35. The van der Waals surface area contributed by atoms with Crippen LogP contribution in [0.3, 0.4) is 0 Å². The molecule has 0 unspecified atom stereocenters. The van der Waals surface area contributed by atoms with Gasteiger partial charge in [-0.25, -0.2) is 18.0 Å². The van der Waals surface area contributed by atoms with Crippen LogP contribution in [0.4, 0.5) is 9.59 Å². The molecular formula is C36H51N5O9S. The van der Waals surface area contributed by atoms with Crippen molar-refractivity contribution in [3.05, 3.63) is 34.9 Å². The maximum atomic E-state index is 14.4. The lowest BCUT2D eigenvalue weighted by molar-refractivity contribution is -0.143. The van der Waals surface area contributed by atoms with Crippen LogP contribution >= 0.6 is 0 Å². The zero-order valence-electron chi connectivity index (χ0n) is 30.0. The molecule has 51 heavy (non-hydrogen) atoms. The molecule has 0 aromatic heterocycles. The van der Waals surface area contributed by atoms with E-state index in [2.05, 4.69) is 21.4 Å². The molecular weight excluding hydrogens is 678 g/mol. The summed E-state index contributed by atoms with van der Waals surface area (Å²) in [6, 6.07) is 3.82. The third-order valence-corrected chi connectivity index (χ3v) is 12.8. The minimum absolute atomic E-state index is 0.0501. The minimum atomic E-state index is -3.87. The largest absolute Gasteiger partial charge is 0.450 e. The third-order valence-electron chi connectivity index (χ3n) is 11.0. The summed E-state index contributed by atoms with van der Waals surface area (Å²) in [5.74, 6) is -2.32. The second-order valence-electron chi connectivity index (χ2n) is 15.8. The predicted molar refractivity (Wildman–Crippen MR) is 185 cm³/mol. The molecule has 3 fully saturated rings. The van der Waals surface area contributed by atoms with E-state index in [1.807, 2.05) is 19.1 Å². The molecule has 0 radical (unpaired) electrons. The Morgan fingerprint density at radius 2 is 1.76 bits per heavy atom. The van der Waals surface area contributed by atoms with E-state index < -0.39 is 74.3 Å². The number of fused-ring (bicyclic) bond motifs is 3. The Kier molecular flexibility index (Phi) is 10.3. The first-order valence-corrected chi connectivity index (χ1v) is 19.8. The molecule has 2 aliphatic carbocycles. The topological polar surface area (TPSA) is 181 Å². The fourth-order valence-corrected chi connectivity index (χ4v) is 9.02. The molecule has 14 nitrogen and oxygen atoms in total. The van der Waals surface area contributed by atoms with E-state index >= 15 is 0 Å². The summed E-state index contributed by atoms with van der Waals surface area (Å²) < 4.78 is 39.0. The molecule has 0 spiro atoms. The Bertz CT molecular complexity index is 1670.